The van der Waals surface area contributed by atoms with Crippen LogP contribution in [0.2, 0.25) is 0 Å². The fourth-order valence-corrected chi connectivity index (χ4v) is 4.89. The van der Waals surface area contributed by atoms with Crippen molar-refractivity contribution in [2.24, 2.45) is 11.0 Å². The van der Waals surface area contributed by atoms with Crippen molar-refractivity contribution in [3.63, 3.8) is 0 Å². The molecule has 1 fully saturated rings. The van der Waals surface area contributed by atoms with Crippen molar-refractivity contribution >= 4 is 17.5 Å². The number of benzene rings is 1. The molecular weight excluding hydrogens is 404 g/mol. The highest BCUT2D eigenvalue weighted by Gasteiger charge is 2.70. The molecule has 1 saturated heterocycles. The van der Waals surface area contributed by atoms with Crippen molar-refractivity contribution in [3.05, 3.63) is 57.1 Å². The Balaban J connectivity index is 1.71. The number of nitrogens with zero attached hydrogens (tertiary/aromatic N) is 2. The van der Waals surface area contributed by atoms with E-state index in [1.807, 2.05) is 0 Å². The van der Waals surface area contributed by atoms with Crippen molar-refractivity contribution in [1.29, 1.82) is 0 Å². The summed E-state index contributed by atoms with van der Waals surface area (Å²) in [5.41, 5.74) is 8.59. The Morgan fingerprint density at radius 2 is 1.97 bits per heavy atom. The molecule has 3 aliphatic carbocycles. The number of phenolic OH excluding ortho intramolecular Hbond substituents is 1. The first-order chi connectivity index (χ1) is 14.6. The number of rotatable bonds is 3. The van der Waals surface area contributed by atoms with Gasteiger partial charge in [-0.05, 0) is 13.0 Å². The number of ether oxygens (including phenoxy) is 2. The fraction of sp³-hybridized carbons (Fsp3) is 0.409. The molecule has 4 aliphatic rings. The smallest absolute Gasteiger partial charge is 0.309 e. The highest BCUT2D eigenvalue weighted by Crippen LogP contribution is 2.58. The Labute approximate surface area is 176 Å². The van der Waals surface area contributed by atoms with Crippen molar-refractivity contribution in [2.45, 2.75) is 50.7 Å². The minimum Gasteiger partial charge on any atom is -0.711 e. The lowest BCUT2D eigenvalue weighted by atomic mass is 9.77. The van der Waals surface area contributed by atoms with Crippen LogP contribution in [-0.2, 0) is 14.3 Å². The summed E-state index contributed by atoms with van der Waals surface area (Å²) >= 11 is 0. The zero-order chi connectivity index (χ0) is 22.4. The topological polar surface area (TPSA) is 148 Å². The molecule has 0 aromatic heterocycles. The molecule has 0 saturated carbocycles. The Morgan fingerprint density at radius 1 is 1.26 bits per heavy atom. The molecule has 2 N–H and O–H groups in total. The Kier molecular flexibility index (Phi) is 3.94. The number of hydrogen-bond donors (Lipinski definition) is 2. The van der Waals surface area contributed by atoms with Gasteiger partial charge in [0.2, 0.25) is 0 Å². The highest BCUT2D eigenvalue weighted by molar-refractivity contribution is 6.31. The fourth-order valence-electron chi connectivity index (χ4n) is 4.89. The van der Waals surface area contributed by atoms with E-state index in [2.05, 4.69) is 5.11 Å². The first-order valence-electron chi connectivity index (χ1n) is 9.93. The summed E-state index contributed by atoms with van der Waals surface area (Å²) in [5.74, 6) is -2.64. The van der Waals surface area contributed by atoms with Crippen LogP contribution >= 0.6 is 0 Å². The summed E-state index contributed by atoms with van der Waals surface area (Å²) in [6.07, 6.45) is -3.09. The predicted molar refractivity (Wildman–Crippen MR) is 104 cm³/mol. The van der Waals surface area contributed by atoms with Gasteiger partial charge < -0.3 is 30.3 Å². The molecular formula is C22H19N2O7-. The van der Waals surface area contributed by atoms with Crippen LogP contribution in [0, 0.1) is 5.92 Å². The van der Waals surface area contributed by atoms with Crippen LogP contribution in [0.5, 0.6) is 5.75 Å². The van der Waals surface area contributed by atoms with Gasteiger partial charge in [-0.2, -0.15) is 0 Å². The van der Waals surface area contributed by atoms with Gasteiger partial charge in [-0.15, -0.1) is 0 Å². The maximum atomic E-state index is 13.4. The van der Waals surface area contributed by atoms with Gasteiger partial charge in [0.15, 0.2) is 17.7 Å². The molecule has 9 nitrogen and oxygen atoms in total. The predicted octanol–water partition coefficient (Wildman–Crippen LogP) is 1.87. The molecule has 0 bridgehead atoms. The second kappa shape index (κ2) is 6.18. The lowest BCUT2D eigenvalue weighted by molar-refractivity contribution is -0.154. The van der Waals surface area contributed by atoms with Crippen molar-refractivity contribution in [1.82, 2.24) is 0 Å². The summed E-state index contributed by atoms with van der Waals surface area (Å²) < 4.78 is 11.4. The number of Topliss-reactive ketones (excluding diaryl/α,β-unsaturated/α-hetero) is 2. The van der Waals surface area contributed by atoms with E-state index in [0.29, 0.717) is 0 Å². The molecule has 1 unspecified atom stereocenters. The summed E-state index contributed by atoms with van der Waals surface area (Å²) in [5, 5.41) is 24.5. The van der Waals surface area contributed by atoms with Crippen molar-refractivity contribution in [2.75, 3.05) is 0 Å². The van der Waals surface area contributed by atoms with Crippen LogP contribution in [0.3, 0.4) is 0 Å². The molecule has 1 aliphatic heterocycles. The van der Waals surface area contributed by atoms with E-state index >= 15 is 0 Å². The molecule has 0 spiro atoms. The maximum Gasteiger partial charge on any atom is 0.309 e. The number of phenols is 1. The van der Waals surface area contributed by atoms with E-state index in [1.54, 1.807) is 20.8 Å². The van der Waals surface area contributed by atoms with E-state index in [1.165, 1.54) is 18.2 Å². The SMILES string of the molecule is CC(C)C(=O)O[C@@H]1C2=C(C3=C(C(=O)c4c(O)cccc4C3=O)C2N=[N-])[C@H](O)[C@@H]2O[C@]12C. The molecule has 1 aromatic carbocycles. The lowest BCUT2D eigenvalue weighted by Crippen LogP contribution is -2.46. The second-order valence-electron chi connectivity index (χ2n) is 8.67. The quantitative estimate of drug-likeness (QED) is 0.428. The van der Waals surface area contributed by atoms with Gasteiger partial charge in [-0.3, -0.25) is 14.4 Å². The van der Waals surface area contributed by atoms with E-state index in [0.717, 1.165) is 0 Å². The molecule has 1 aromatic rings. The molecule has 5 atom stereocenters. The van der Waals surface area contributed by atoms with E-state index in [9.17, 15) is 30.1 Å². The maximum absolute atomic E-state index is 13.4. The molecule has 5 rings (SSSR count). The summed E-state index contributed by atoms with van der Waals surface area (Å²) in [6, 6.07) is 2.80. The van der Waals surface area contributed by atoms with Gasteiger partial charge >= 0.3 is 5.97 Å². The minimum absolute atomic E-state index is 0.0119. The molecule has 9 heteroatoms. The largest absolute Gasteiger partial charge is 0.711 e. The number of aliphatic hydroxyl groups is 1. The number of aromatic hydroxyl groups is 1. The van der Waals surface area contributed by atoms with Gasteiger partial charge in [-0.25, -0.2) is 0 Å². The summed E-state index contributed by atoms with van der Waals surface area (Å²) in [4.78, 5) is 39.1. The number of hydrogen-bond acceptors (Lipinski definition) is 8. The van der Waals surface area contributed by atoms with Crippen LogP contribution < -0.4 is 0 Å². The third kappa shape index (κ3) is 2.35. The molecule has 160 valence electrons. The molecule has 31 heavy (non-hydrogen) atoms. The van der Waals surface area contributed by atoms with Crippen molar-refractivity contribution in [3.8, 4) is 5.75 Å². The first kappa shape index (κ1) is 19.8. The Hall–Kier alpha value is -3.17. The highest BCUT2D eigenvalue weighted by atomic mass is 16.7. The van der Waals surface area contributed by atoms with Crippen LogP contribution in [0.1, 0.15) is 41.5 Å². The van der Waals surface area contributed by atoms with Gasteiger partial charge in [0.25, 0.3) is 0 Å². The van der Waals surface area contributed by atoms with Crippen LogP contribution in [-0.4, -0.2) is 57.7 Å². The van der Waals surface area contributed by atoms with E-state index in [-0.39, 0.29) is 39.2 Å². The number of aliphatic hydroxyl groups excluding tert-OH is 1. The van der Waals surface area contributed by atoms with Crippen molar-refractivity contribution < 1.29 is 34.1 Å². The van der Waals surface area contributed by atoms with Gasteiger partial charge in [0.05, 0.1) is 17.5 Å². The standard InChI is InChI=1S/C22H19N2O7/c1-7(2)21(29)30-19-14-12(18(28)20-22(19,3)31-20)11-13(15(14)24-23)17(27)10-8(16(11)26)5-4-6-9(10)25/h4-7,15,18-20,25,28H,1-3H3/q-1/t15?,18-,19+,20-,22+/m0/s1. The minimum atomic E-state index is -1.34. The van der Waals surface area contributed by atoms with Gasteiger partial charge in [0.1, 0.15) is 23.6 Å². The molecule has 1 heterocycles. The first-order valence-corrected chi connectivity index (χ1v) is 9.93. The number of fused-ring (bicyclic) bond motifs is 3. The lowest BCUT2D eigenvalue weighted by Gasteiger charge is -2.33. The second-order valence-corrected chi connectivity index (χ2v) is 8.67. The average molecular weight is 423 g/mol. The van der Waals surface area contributed by atoms with E-state index < -0.39 is 53.4 Å². The zero-order valence-corrected chi connectivity index (χ0v) is 16.9. The summed E-state index contributed by atoms with van der Waals surface area (Å²) in [7, 11) is 0. The van der Waals surface area contributed by atoms with Crippen LogP contribution in [0.15, 0.2) is 45.6 Å². The molecule has 0 amide bonds. The monoisotopic (exact) mass is 423 g/mol. The number of esters is 1. The summed E-state index contributed by atoms with van der Waals surface area (Å²) in [6.45, 7) is 4.96. The van der Waals surface area contributed by atoms with Gasteiger partial charge in [-0.1, -0.05) is 26.0 Å². The normalized spacial score (nSPS) is 33.1. The number of carbonyl (C=O) groups is 3. The number of ketones is 2. The van der Waals surface area contributed by atoms with Crippen LogP contribution in [0.4, 0.5) is 0 Å². The molecule has 0 radical (unpaired) electrons. The van der Waals surface area contributed by atoms with Gasteiger partial charge in [0, 0.05) is 27.9 Å². The Bertz CT molecular complexity index is 1160. The third-order valence-corrected chi connectivity index (χ3v) is 6.50. The number of carbonyl (C=O) groups excluding carboxylic acids is 3. The number of epoxide rings is 1. The average Bonchev–Trinajstić information content (AvgIpc) is 3.30. The van der Waals surface area contributed by atoms with E-state index in [4.69, 9.17) is 9.47 Å². The van der Waals surface area contributed by atoms with Crippen LogP contribution in [0.25, 0.3) is 5.53 Å². The third-order valence-electron chi connectivity index (χ3n) is 6.50. The Morgan fingerprint density at radius 3 is 2.61 bits per heavy atom. The zero-order valence-electron chi connectivity index (χ0n) is 16.9.